The van der Waals surface area contributed by atoms with Crippen LogP contribution in [-0.4, -0.2) is 50.6 Å². The van der Waals surface area contributed by atoms with Crippen LogP contribution < -0.4 is 10.0 Å². The van der Waals surface area contributed by atoms with Crippen molar-refractivity contribution in [3.05, 3.63) is 52.8 Å². The Hall–Kier alpha value is -1.88. The molecule has 0 saturated carbocycles. The third-order valence-electron chi connectivity index (χ3n) is 6.16. The molecule has 1 saturated heterocycles. The van der Waals surface area contributed by atoms with E-state index in [-0.39, 0.29) is 22.4 Å². The summed E-state index contributed by atoms with van der Waals surface area (Å²) < 4.78 is 69.9. The third-order valence-corrected chi connectivity index (χ3v) is 7.68. The Morgan fingerprint density at radius 3 is 2.35 bits per heavy atom. The molecular formula is C24H35F3N4O2S. The monoisotopic (exact) mass is 500 g/mol. The van der Waals surface area contributed by atoms with Crippen molar-refractivity contribution in [1.82, 2.24) is 19.5 Å². The van der Waals surface area contributed by atoms with Crippen LogP contribution in [0.2, 0.25) is 0 Å². The van der Waals surface area contributed by atoms with Crippen LogP contribution >= 0.6 is 0 Å². The Labute approximate surface area is 200 Å². The van der Waals surface area contributed by atoms with Gasteiger partial charge in [-0.25, -0.2) is 13.1 Å². The summed E-state index contributed by atoms with van der Waals surface area (Å²) in [6, 6.07) is 6.40. The van der Waals surface area contributed by atoms with Gasteiger partial charge in [0.05, 0.1) is 5.56 Å². The number of piperazine rings is 1. The predicted molar refractivity (Wildman–Crippen MR) is 127 cm³/mol. The van der Waals surface area contributed by atoms with Crippen LogP contribution in [-0.2, 0) is 34.7 Å². The minimum Gasteiger partial charge on any atom is -0.347 e. The first kappa shape index (κ1) is 26.7. The zero-order valence-electron chi connectivity index (χ0n) is 20.3. The fourth-order valence-corrected chi connectivity index (χ4v) is 5.58. The Bertz CT molecular complexity index is 1080. The number of hydrogen-bond donors (Lipinski definition) is 2. The molecule has 1 aromatic carbocycles. The summed E-state index contributed by atoms with van der Waals surface area (Å²) in [5, 5.41) is 3.34. The molecule has 34 heavy (non-hydrogen) atoms. The van der Waals surface area contributed by atoms with E-state index in [9.17, 15) is 21.6 Å². The number of alkyl halides is 3. The molecule has 0 amide bonds. The molecule has 10 heteroatoms. The first-order valence-electron chi connectivity index (χ1n) is 11.6. The number of benzene rings is 1. The van der Waals surface area contributed by atoms with Crippen LogP contribution in [0.5, 0.6) is 0 Å². The number of nitrogens with zero attached hydrogens (tertiary/aromatic N) is 2. The van der Waals surface area contributed by atoms with E-state index in [2.05, 4.69) is 19.5 Å². The largest absolute Gasteiger partial charge is 0.416 e. The number of rotatable bonds is 8. The zero-order valence-corrected chi connectivity index (χ0v) is 21.1. The summed E-state index contributed by atoms with van der Waals surface area (Å²) in [5.74, 6) is 0. The van der Waals surface area contributed by atoms with Gasteiger partial charge in [0.15, 0.2) is 0 Å². The molecule has 2 N–H and O–H groups in total. The van der Waals surface area contributed by atoms with Crippen molar-refractivity contribution in [1.29, 1.82) is 0 Å². The quantitative estimate of drug-likeness (QED) is 0.577. The smallest absolute Gasteiger partial charge is 0.347 e. The van der Waals surface area contributed by atoms with Gasteiger partial charge in [-0.05, 0) is 37.6 Å². The van der Waals surface area contributed by atoms with Gasteiger partial charge in [0, 0.05) is 56.1 Å². The van der Waals surface area contributed by atoms with Crippen molar-refractivity contribution in [2.45, 2.75) is 63.7 Å². The second-order valence-electron chi connectivity index (χ2n) is 9.85. The fourth-order valence-electron chi connectivity index (χ4n) is 4.30. The number of hydrogen-bond acceptors (Lipinski definition) is 4. The molecule has 6 nitrogen and oxygen atoms in total. The van der Waals surface area contributed by atoms with Crippen molar-refractivity contribution in [2.75, 3.05) is 32.7 Å². The van der Waals surface area contributed by atoms with E-state index in [4.69, 9.17) is 0 Å². The van der Waals surface area contributed by atoms with Gasteiger partial charge in [-0.1, -0.05) is 39.0 Å². The second kappa shape index (κ2) is 10.4. The Balaban J connectivity index is 1.78. The van der Waals surface area contributed by atoms with Crippen molar-refractivity contribution in [3.8, 4) is 0 Å². The van der Waals surface area contributed by atoms with Crippen LogP contribution in [0.4, 0.5) is 13.2 Å². The minimum atomic E-state index is -4.48. The maximum Gasteiger partial charge on any atom is 0.416 e. The molecule has 2 aromatic rings. The number of aromatic nitrogens is 1. The molecule has 1 fully saturated rings. The van der Waals surface area contributed by atoms with E-state index >= 15 is 0 Å². The molecule has 0 unspecified atom stereocenters. The highest BCUT2D eigenvalue weighted by Gasteiger charge is 2.31. The molecule has 0 aliphatic carbocycles. The summed E-state index contributed by atoms with van der Waals surface area (Å²) in [4.78, 5) is 2.58. The van der Waals surface area contributed by atoms with E-state index in [0.717, 1.165) is 57.0 Å². The van der Waals surface area contributed by atoms with Crippen LogP contribution in [0.15, 0.2) is 35.2 Å². The van der Waals surface area contributed by atoms with Gasteiger partial charge in [0.1, 0.15) is 4.90 Å². The van der Waals surface area contributed by atoms with Gasteiger partial charge in [0.25, 0.3) is 0 Å². The minimum absolute atomic E-state index is 0.173. The molecule has 3 rings (SSSR count). The van der Waals surface area contributed by atoms with E-state index in [1.54, 1.807) is 13.0 Å². The molecule has 1 aliphatic heterocycles. The SMILES string of the molecule is Cc1c(S(=O)(=O)NCc2cccc(C(F)(F)F)c2)cc(C(C)(C)C)n1CCCN1CCNCC1. The van der Waals surface area contributed by atoms with Crippen LogP contribution in [0.3, 0.4) is 0 Å². The van der Waals surface area contributed by atoms with Crippen molar-refractivity contribution in [2.24, 2.45) is 0 Å². The molecule has 0 bridgehead atoms. The first-order valence-corrected chi connectivity index (χ1v) is 13.1. The molecular weight excluding hydrogens is 465 g/mol. The molecule has 0 spiro atoms. The molecule has 0 radical (unpaired) electrons. The maximum atomic E-state index is 13.2. The maximum absolute atomic E-state index is 13.2. The van der Waals surface area contributed by atoms with Gasteiger partial charge in [-0.3, -0.25) is 0 Å². The summed E-state index contributed by atoms with van der Waals surface area (Å²) in [6.07, 6.45) is -3.58. The van der Waals surface area contributed by atoms with E-state index < -0.39 is 21.8 Å². The lowest BCUT2D eigenvalue weighted by Crippen LogP contribution is -2.43. The van der Waals surface area contributed by atoms with Crippen molar-refractivity contribution in [3.63, 3.8) is 0 Å². The summed E-state index contributed by atoms with van der Waals surface area (Å²) >= 11 is 0. The first-order chi connectivity index (χ1) is 15.8. The normalized spacial score (nSPS) is 16.2. The average Bonchev–Trinajstić information content (AvgIpc) is 3.10. The summed E-state index contributed by atoms with van der Waals surface area (Å²) in [6.45, 7) is 13.3. The second-order valence-corrected chi connectivity index (χ2v) is 11.6. The van der Waals surface area contributed by atoms with Gasteiger partial charge in [-0.2, -0.15) is 13.2 Å². The van der Waals surface area contributed by atoms with Crippen molar-refractivity contribution >= 4 is 10.0 Å². The summed E-state index contributed by atoms with van der Waals surface area (Å²) in [5.41, 5.74) is 0.745. The fraction of sp³-hybridized carbons (Fsp3) is 0.583. The van der Waals surface area contributed by atoms with Gasteiger partial charge >= 0.3 is 6.18 Å². The van der Waals surface area contributed by atoms with E-state index in [1.807, 2.05) is 20.8 Å². The lowest BCUT2D eigenvalue weighted by Gasteiger charge is -2.28. The van der Waals surface area contributed by atoms with E-state index in [0.29, 0.717) is 12.2 Å². The highest BCUT2D eigenvalue weighted by Crippen LogP contribution is 2.31. The molecule has 1 aromatic heterocycles. The highest BCUT2D eigenvalue weighted by molar-refractivity contribution is 7.89. The number of nitrogens with one attached hydrogen (secondary N) is 2. The number of sulfonamides is 1. The summed E-state index contributed by atoms with van der Waals surface area (Å²) in [7, 11) is -3.92. The Morgan fingerprint density at radius 2 is 1.74 bits per heavy atom. The topological polar surface area (TPSA) is 66.4 Å². The molecule has 0 atom stereocenters. The third kappa shape index (κ3) is 6.62. The van der Waals surface area contributed by atoms with Gasteiger partial charge in [-0.15, -0.1) is 0 Å². The highest BCUT2D eigenvalue weighted by atomic mass is 32.2. The lowest BCUT2D eigenvalue weighted by atomic mass is 9.92. The zero-order chi connectivity index (χ0) is 25.1. The van der Waals surface area contributed by atoms with E-state index in [1.165, 1.54) is 12.1 Å². The Morgan fingerprint density at radius 1 is 1.06 bits per heavy atom. The van der Waals surface area contributed by atoms with Crippen LogP contribution in [0.25, 0.3) is 0 Å². The lowest BCUT2D eigenvalue weighted by molar-refractivity contribution is -0.137. The Kier molecular flexibility index (Phi) is 8.17. The standard InChI is InChI=1S/C24H35F3N4O2S/c1-18-21(34(32,33)29-17-19-7-5-8-20(15-19)24(25,26)27)16-22(23(2,3)4)31(18)12-6-11-30-13-9-28-10-14-30/h5,7-8,15-16,28-29H,6,9-14,17H2,1-4H3. The van der Waals surface area contributed by atoms with Crippen LogP contribution in [0, 0.1) is 6.92 Å². The van der Waals surface area contributed by atoms with Gasteiger partial charge in [0.2, 0.25) is 10.0 Å². The average molecular weight is 501 g/mol. The number of halogens is 3. The predicted octanol–water partition coefficient (Wildman–Crippen LogP) is 3.89. The molecule has 1 aliphatic rings. The molecule has 2 heterocycles. The van der Waals surface area contributed by atoms with Crippen LogP contribution in [0.1, 0.15) is 49.7 Å². The van der Waals surface area contributed by atoms with Gasteiger partial charge < -0.3 is 14.8 Å². The molecule has 190 valence electrons. The van der Waals surface area contributed by atoms with Crippen molar-refractivity contribution < 1.29 is 21.6 Å².